The van der Waals surface area contributed by atoms with Crippen molar-refractivity contribution in [3.05, 3.63) is 35.9 Å². The maximum atomic E-state index is 9.25. The Morgan fingerprint density at radius 2 is 2.00 bits per heavy atom. The second-order valence-corrected chi connectivity index (χ2v) is 5.75. The maximum Gasteiger partial charge on any atom is 0.0631 e. The maximum absolute atomic E-state index is 9.25. The zero-order valence-electron chi connectivity index (χ0n) is 11.6. The second kappa shape index (κ2) is 5.12. The predicted molar refractivity (Wildman–Crippen MR) is 74.2 cm³/mol. The molecule has 0 spiro atoms. The van der Waals surface area contributed by atoms with Crippen molar-refractivity contribution < 1.29 is 0 Å². The topological polar surface area (TPSA) is 27.0 Å². The fraction of sp³-hybridized carbons (Fsp3) is 0.562. The van der Waals surface area contributed by atoms with Crippen molar-refractivity contribution in [2.45, 2.75) is 38.1 Å². The molecule has 0 bridgehead atoms. The summed E-state index contributed by atoms with van der Waals surface area (Å²) in [6, 6.07) is 13.6. The molecule has 1 aromatic carbocycles. The first-order valence-electron chi connectivity index (χ1n) is 6.73. The molecule has 18 heavy (non-hydrogen) atoms. The number of rotatable bonds is 2. The Kier molecular flexibility index (Phi) is 3.73. The molecule has 0 saturated carbocycles. The number of nitriles is 1. The molecular weight excluding hydrogens is 220 g/mol. The van der Waals surface area contributed by atoms with E-state index in [2.05, 4.69) is 56.1 Å². The Bertz CT molecular complexity index is 434. The molecule has 1 aromatic rings. The third-order valence-electron chi connectivity index (χ3n) is 4.66. The van der Waals surface area contributed by atoms with Crippen LogP contribution in [-0.4, -0.2) is 24.5 Å². The molecule has 0 aromatic heterocycles. The molecule has 0 amide bonds. The van der Waals surface area contributed by atoms with Crippen molar-refractivity contribution in [2.75, 3.05) is 13.6 Å². The van der Waals surface area contributed by atoms with Gasteiger partial charge in [-0.05, 0) is 31.9 Å². The molecule has 0 radical (unpaired) electrons. The van der Waals surface area contributed by atoms with Gasteiger partial charge >= 0.3 is 0 Å². The van der Waals surface area contributed by atoms with Gasteiger partial charge in [0.2, 0.25) is 0 Å². The van der Waals surface area contributed by atoms with Crippen molar-refractivity contribution in [3.63, 3.8) is 0 Å². The summed E-state index contributed by atoms with van der Waals surface area (Å²) in [5.74, 6) is 0.515. The molecule has 1 saturated heterocycles. The molecule has 2 rings (SSSR count). The zero-order chi connectivity index (χ0) is 13.2. The van der Waals surface area contributed by atoms with Crippen LogP contribution in [0.4, 0.5) is 0 Å². The van der Waals surface area contributed by atoms with Gasteiger partial charge in [-0.25, -0.2) is 0 Å². The SMILES string of the molecule is C[C@@H]1C[C@@](CC#N)(c2ccccc2)[C@H](C)CN1C. The highest BCUT2D eigenvalue weighted by Gasteiger charge is 2.43. The average molecular weight is 242 g/mol. The Balaban J connectivity index is 2.41. The largest absolute Gasteiger partial charge is 0.303 e. The number of piperidine rings is 1. The van der Waals surface area contributed by atoms with Gasteiger partial charge in [-0.3, -0.25) is 0 Å². The van der Waals surface area contributed by atoms with Crippen LogP contribution < -0.4 is 0 Å². The summed E-state index contributed by atoms with van der Waals surface area (Å²) >= 11 is 0. The lowest BCUT2D eigenvalue weighted by Gasteiger charge is -2.48. The van der Waals surface area contributed by atoms with Crippen LogP contribution in [0, 0.1) is 17.2 Å². The molecule has 96 valence electrons. The van der Waals surface area contributed by atoms with Crippen LogP contribution >= 0.6 is 0 Å². The van der Waals surface area contributed by atoms with Crippen LogP contribution in [0.3, 0.4) is 0 Å². The summed E-state index contributed by atoms with van der Waals surface area (Å²) in [6.45, 7) is 5.62. The van der Waals surface area contributed by atoms with Crippen LogP contribution in [0.1, 0.15) is 32.3 Å². The molecule has 2 nitrogen and oxygen atoms in total. The highest BCUT2D eigenvalue weighted by atomic mass is 15.1. The molecule has 0 aliphatic carbocycles. The molecule has 1 fully saturated rings. The summed E-state index contributed by atoms with van der Waals surface area (Å²) in [6.07, 6.45) is 1.69. The normalized spacial score (nSPS) is 33.0. The summed E-state index contributed by atoms with van der Waals surface area (Å²) in [4.78, 5) is 2.41. The lowest BCUT2D eigenvalue weighted by Crippen LogP contribution is -2.51. The molecule has 1 heterocycles. The van der Waals surface area contributed by atoms with Gasteiger partial charge in [0.05, 0.1) is 6.07 Å². The van der Waals surface area contributed by atoms with E-state index in [0.717, 1.165) is 13.0 Å². The Morgan fingerprint density at radius 3 is 2.61 bits per heavy atom. The quantitative estimate of drug-likeness (QED) is 0.796. The lowest BCUT2D eigenvalue weighted by atomic mass is 9.63. The first-order valence-corrected chi connectivity index (χ1v) is 6.73. The van der Waals surface area contributed by atoms with E-state index in [9.17, 15) is 5.26 Å². The summed E-state index contributed by atoms with van der Waals surface area (Å²) in [7, 11) is 2.18. The van der Waals surface area contributed by atoms with E-state index < -0.39 is 0 Å². The first kappa shape index (κ1) is 13.1. The van der Waals surface area contributed by atoms with E-state index in [-0.39, 0.29) is 5.41 Å². The van der Waals surface area contributed by atoms with E-state index in [0.29, 0.717) is 18.4 Å². The monoisotopic (exact) mass is 242 g/mol. The minimum absolute atomic E-state index is 0.0297. The van der Waals surface area contributed by atoms with E-state index in [1.807, 2.05) is 6.07 Å². The summed E-state index contributed by atoms with van der Waals surface area (Å²) in [5, 5.41) is 9.25. The van der Waals surface area contributed by atoms with E-state index in [1.165, 1.54) is 5.56 Å². The molecule has 1 aliphatic rings. The van der Waals surface area contributed by atoms with Gasteiger partial charge in [-0.2, -0.15) is 5.26 Å². The second-order valence-electron chi connectivity index (χ2n) is 5.75. The van der Waals surface area contributed by atoms with E-state index in [4.69, 9.17) is 0 Å². The van der Waals surface area contributed by atoms with Crippen molar-refractivity contribution in [1.82, 2.24) is 4.90 Å². The predicted octanol–water partition coefficient (Wildman–Crippen LogP) is 3.20. The number of benzene rings is 1. The van der Waals surface area contributed by atoms with Crippen molar-refractivity contribution >= 4 is 0 Å². The van der Waals surface area contributed by atoms with Gasteiger partial charge in [0.25, 0.3) is 0 Å². The van der Waals surface area contributed by atoms with Gasteiger partial charge < -0.3 is 4.90 Å². The molecule has 3 atom stereocenters. The minimum Gasteiger partial charge on any atom is -0.303 e. The Hall–Kier alpha value is -1.33. The standard InChI is InChI=1S/C16H22N2/c1-13-12-18(3)14(2)11-16(13,9-10-17)15-7-5-4-6-8-15/h4-8,13-14H,9,11-12H2,1-3H3/t13-,14-,16-/m1/s1. The zero-order valence-corrected chi connectivity index (χ0v) is 11.6. The molecular formula is C16H22N2. The number of hydrogen-bond donors (Lipinski definition) is 0. The summed E-state index contributed by atoms with van der Waals surface area (Å²) in [5.41, 5.74) is 1.36. The minimum atomic E-state index is 0.0297. The van der Waals surface area contributed by atoms with Crippen LogP contribution in [0.15, 0.2) is 30.3 Å². The summed E-state index contributed by atoms with van der Waals surface area (Å²) < 4.78 is 0. The fourth-order valence-electron chi connectivity index (χ4n) is 3.33. The highest BCUT2D eigenvalue weighted by Crippen LogP contribution is 2.44. The average Bonchev–Trinajstić information content (AvgIpc) is 2.37. The van der Waals surface area contributed by atoms with E-state index >= 15 is 0 Å². The Labute approximate surface area is 110 Å². The molecule has 0 N–H and O–H groups in total. The van der Waals surface area contributed by atoms with E-state index in [1.54, 1.807) is 0 Å². The van der Waals surface area contributed by atoms with Crippen LogP contribution in [0.5, 0.6) is 0 Å². The molecule has 0 unspecified atom stereocenters. The van der Waals surface area contributed by atoms with Gasteiger partial charge in [-0.15, -0.1) is 0 Å². The van der Waals surface area contributed by atoms with Crippen LogP contribution in [0.2, 0.25) is 0 Å². The fourth-order valence-corrected chi connectivity index (χ4v) is 3.33. The third-order valence-corrected chi connectivity index (χ3v) is 4.66. The van der Waals surface area contributed by atoms with Gasteiger partial charge in [-0.1, -0.05) is 37.3 Å². The number of nitrogens with zero attached hydrogens (tertiary/aromatic N) is 2. The van der Waals surface area contributed by atoms with Crippen molar-refractivity contribution in [2.24, 2.45) is 5.92 Å². The number of hydrogen-bond acceptors (Lipinski definition) is 2. The first-order chi connectivity index (χ1) is 8.60. The van der Waals surface area contributed by atoms with Crippen molar-refractivity contribution in [1.29, 1.82) is 5.26 Å². The third kappa shape index (κ3) is 2.15. The Morgan fingerprint density at radius 1 is 1.33 bits per heavy atom. The number of likely N-dealkylation sites (tertiary alicyclic amines) is 1. The smallest absolute Gasteiger partial charge is 0.0631 e. The van der Waals surface area contributed by atoms with Gasteiger partial charge in [0.1, 0.15) is 0 Å². The highest BCUT2D eigenvalue weighted by molar-refractivity contribution is 5.29. The van der Waals surface area contributed by atoms with Gasteiger partial charge in [0, 0.05) is 24.4 Å². The van der Waals surface area contributed by atoms with Gasteiger partial charge in [0.15, 0.2) is 0 Å². The molecule has 1 aliphatic heterocycles. The lowest BCUT2D eigenvalue weighted by molar-refractivity contribution is 0.0770. The van der Waals surface area contributed by atoms with Crippen LogP contribution in [-0.2, 0) is 5.41 Å². The van der Waals surface area contributed by atoms with Crippen molar-refractivity contribution in [3.8, 4) is 6.07 Å². The van der Waals surface area contributed by atoms with Crippen LogP contribution in [0.25, 0.3) is 0 Å². The molecule has 2 heteroatoms.